The summed E-state index contributed by atoms with van der Waals surface area (Å²) < 4.78 is 0. The minimum Gasteiger partial charge on any atom is -1.00 e. The Labute approximate surface area is 73.8 Å². The molecule has 0 aliphatic heterocycles. The zero-order chi connectivity index (χ0) is 0. The standard InChI is InChI=1S/3ClH.2V/h3*1H;;/p-3. The van der Waals surface area contributed by atoms with Crippen LogP contribution in [0.3, 0.4) is 0 Å². The monoisotopic (exact) mass is 207 g/mol. The van der Waals surface area contributed by atoms with Crippen molar-refractivity contribution < 1.29 is 74.3 Å². The second kappa shape index (κ2) is 36.9. The van der Waals surface area contributed by atoms with Crippen molar-refractivity contribution in [3.8, 4) is 0 Å². The smallest absolute Gasteiger partial charge is 0 e. The second-order valence-electron chi connectivity index (χ2n) is 0. The molecule has 0 N–H and O–H groups in total. The summed E-state index contributed by atoms with van der Waals surface area (Å²) in [5, 5.41) is 0. The second-order valence-corrected chi connectivity index (χ2v) is 0. The summed E-state index contributed by atoms with van der Waals surface area (Å²) in [5.74, 6) is 0. The van der Waals surface area contributed by atoms with Crippen LogP contribution in [-0.2, 0) is 37.1 Å². The van der Waals surface area contributed by atoms with E-state index < -0.39 is 0 Å². The van der Waals surface area contributed by atoms with Gasteiger partial charge in [-0.15, -0.1) is 0 Å². The molecular formula is Cl3V2-3. The van der Waals surface area contributed by atoms with Gasteiger partial charge in [0, 0.05) is 37.1 Å². The zero-order valence-electron chi connectivity index (χ0n) is 2.03. The molecule has 0 aromatic carbocycles. The first kappa shape index (κ1) is 61.8. The number of halogens is 3. The molecule has 0 aromatic heterocycles. The van der Waals surface area contributed by atoms with E-state index in [0.717, 1.165) is 0 Å². The Kier molecular flexibility index (Phi) is 456. The Morgan fingerprint density at radius 1 is 0.400 bits per heavy atom. The molecule has 0 unspecified atom stereocenters. The molecule has 0 fully saturated rings. The molecule has 0 saturated carbocycles. The molecule has 0 spiro atoms. The van der Waals surface area contributed by atoms with Crippen LogP contribution in [0.5, 0.6) is 0 Å². The molecule has 0 aliphatic carbocycles. The van der Waals surface area contributed by atoms with E-state index in [9.17, 15) is 0 Å². The van der Waals surface area contributed by atoms with Gasteiger partial charge in [0.1, 0.15) is 0 Å². The number of rotatable bonds is 0. The Morgan fingerprint density at radius 2 is 0.400 bits per heavy atom. The van der Waals surface area contributed by atoms with Gasteiger partial charge in [0.2, 0.25) is 0 Å². The van der Waals surface area contributed by atoms with E-state index >= 15 is 0 Å². The van der Waals surface area contributed by atoms with E-state index in [1.165, 1.54) is 0 Å². The molecule has 0 atom stereocenters. The largest absolute Gasteiger partial charge is 1.00 e. The van der Waals surface area contributed by atoms with Gasteiger partial charge in [-0.05, 0) is 0 Å². The van der Waals surface area contributed by atoms with Gasteiger partial charge in [0.05, 0.1) is 0 Å². The average Bonchev–Trinajstić information content (AvgIpc) is 0. The van der Waals surface area contributed by atoms with Crippen LogP contribution < -0.4 is 37.2 Å². The van der Waals surface area contributed by atoms with Crippen LogP contribution in [0.15, 0.2) is 0 Å². The molecule has 5 heteroatoms. The number of hydrogen-bond donors (Lipinski definition) is 0. The minimum atomic E-state index is 0. The van der Waals surface area contributed by atoms with Gasteiger partial charge in [-0.3, -0.25) is 0 Å². The molecular weight excluding hydrogens is 208 g/mol. The molecule has 0 heterocycles. The fourth-order valence-electron chi connectivity index (χ4n) is 0. The first-order valence-electron chi connectivity index (χ1n) is 0. The third kappa shape index (κ3) is 23.7. The quantitative estimate of drug-likeness (QED) is 0.371. The Balaban J connectivity index is 0. The topological polar surface area (TPSA) is 0 Å². The predicted molar refractivity (Wildman–Crippen MR) is 0 cm³/mol. The van der Waals surface area contributed by atoms with E-state index in [1.54, 1.807) is 0 Å². The van der Waals surface area contributed by atoms with Crippen LogP contribution >= 0.6 is 0 Å². The van der Waals surface area contributed by atoms with Gasteiger partial charge in [-0.25, -0.2) is 0 Å². The van der Waals surface area contributed by atoms with Gasteiger partial charge in [0.25, 0.3) is 0 Å². The third-order valence-corrected chi connectivity index (χ3v) is 0. The predicted octanol–water partition coefficient (Wildman–Crippen LogP) is -8.99. The molecule has 34 valence electrons. The van der Waals surface area contributed by atoms with Gasteiger partial charge in [-0.2, -0.15) is 0 Å². The van der Waals surface area contributed by atoms with Gasteiger partial charge < -0.3 is 37.2 Å². The van der Waals surface area contributed by atoms with Crippen molar-refractivity contribution in [1.82, 2.24) is 0 Å². The van der Waals surface area contributed by atoms with Crippen molar-refractivity contribution in [2.24, 2.45) is 0 Å². The Hall–Kier alpha value is 2.04. The van der Waals surface area contributed by atoms with Gasteiger partial charge in [0.15, 0.2) is 0 Å². The maximum atomic E-state index is 0. The van der Waals surface area contributed by atoms with E-state index in [4.69, 9.17) is 0 Å². The van der Waals surface area contributed by atoms with Crippen molar-refractivity contribution in [2.45, 2.75) is 0 Å². The van der Waals surface area contributed by atoms with Crippen LogP contribution in [0.25, 0.3) is 0 Å². The fraction of sp³-hybridized carbons (Fsp3) is 0. The molecule has 5 heavy (non-hydrogen) atoms. The normalized spacial score (nSPS) is 0. The molecule has 0 aromatic rings. The van der Waals surface area contributed by atoms with Crippen LogP contribution in [0.1, 0.15) is 0 Å². The molecule has 0 nitrogen and oxygen atoms in total. The average molecular weight is 208 g/mol. The van der Waals surface area contributed by atoms with Crippen molar-refractivity contribution in [1.29, 1.82) is 0 Å². The molecule has 0 amide bonds. The summed E-state index contributed by atoms with van der Waals surface area (Å²) in [6, 6.07) is 0. The fourth-order valence-corrected chi connectivity index (χ4v) is 0. The summed E-state index contributed by atoms with van der Waals surface area (Å²) in [6.07, 6.45) is 0. The van der Waals surface area contributed by atoms with Gasteiger partial charge in [-0.1, -0.05) is 0 Å². The van der Waals surface area contributed by atoms with Crippen molar-refractivity contribution in [2.75, 3.05) is 0 Å². The van der Waals surface area contributed by atoms with Crippen molar-refractivity contribution >= 4 is 0 Å². The summed E-state index contributed by atoms with van der Waals surface area (Å²) in [7, 11) is 0. The van der Waals surface area contributed by atoms with Crippen LogP contribution in [0, 0.1) is 0 Å². The summed E-state index contributed by atoms with van der Waals surface area (Å²) in [4.78, 5) is 0. The summed E-state index contributed by atoms with van der Waals surface area (Å²) in [5.41, 5.74) is 0. The first-order valence-corrected chi connectivity index (χ1v) is 0. The van der Waals surface area contributed by atoms with E-state index in [1.807, 2.05) is 0 Å². The molecule has 2 radical (unpaired) electrons. The van der Waals surface area contributed by atoms with Crippen LogP contribution in [0.4, 0.5) is 0 Å². The van der Waals surface area contributed by atoms with Crippen LogP contribution in [-0.4, -0.2) is 0 Å². The van der Waals surface area contributed by atoms with E-state index in [2.05, 4.69) is 0 Å². The molecule has 0 bridgehead atoms. The van der Waals surface area contributed by atoms with E-state index in [0.29, 0.717) is 0 Å². The Bertz CT molecular complexity index is 4.85. The van der Waals surface area contributed by atoms with Crippen molar-refractivity contribution in [3.63, 3.8) is 0 Å². The molecule has 0 aliphatic rings. The van der Waals surface area contributed by atoms with E-state index in [-0.39, 0.29) is 74.3 Å². The molecule has 0 saturated heterocycles. The summed E-state index contributed by atoms with van der Waals surface area (Å²) in [6.45, 7) is 0. The maximum absolute atomic E-state index is 0. The summed E-state index contributed by atoms with van der Waals surface area (Å²) >= 11 is 0. The van der Waals surface area contributed by atoms with Crippen LogP contribution in [0.2, 0.25) is 0 Å². The zero-order valence-corrected chi connectivity index (χ0v) is 7.09. The first-order chi connectivity index (χ1) is 0. The maximum Gasteiger partial charge on any atom is 0 e. The van der Waals surface area contributed by atoms with Gasteiger partial charge >= 0.3 is 0 Å². The number of hydrogen-bond acceptors (Lipinski definition) is 0. The third-order valence-electron chi connectivity index (χ3n) is 0. The van der Waals surface area contributed by atoms with Crippen molar-refractivity contribution in [3.05, 3.63) is 0 Å². The minimum absolute atomic E-state index is 0. The Morgan fingerprint density at radius 3 is 0.400 bits per heavy atom. The SMILES string of the molecule is [Cl-].[Cl-].[Cl-].[V].[V]. The molecule has 0 rings (SSSR count).